The van der Waals surface area contributed by atoms with E-state index in [2.05, 4.69) is 112 Å². The molecule has 0 spiro atoms. The van der Waals surface area contributed by atoms with Gasteiger partial charge in [-0.2, -0.15) is 42.1 Å². The summed E-state index contributed by atoms with van der Waals surface area (Å²) in [6.45, 7) is 0. The molecule has 4 heterocycles. The largest absolute Gasteiger partial charge is 0.309 e. The Kier molecular flexibility index (Phi) is 15.3. The van der Waals surface area contributed by atoms with E-state index in [0.29, 0.717) is 95.5 Å². The molecule has 0 unspecified atom stereocenters. The SMILES string of the molecule is N#Cc1ccc(-c2ccc3c(c2)c2cc(-c4ccc(C#N)cc4C#N)ccc2n3-c2cc(-c3ccccn3)ccc2-c2ccc(-c3nc(-c4ccccc4)nc(-c4ccccc4)n3)cc2-n2c3ccc(-c4ccc(C#N)cc4C#N)cc3c3cc(-c4ccc(C#N)cc4C#N)ccc32)c(C#N)c1. The maximum Gasteiger partial charge on any atom is 0.164 e. The second-order valence-electron chi connectivity index (χ2n) is 24.3. The molecule has 466 valence electrons. The molecule has 0 bridgehead atoms. The highest BCUT2D eigenvalue weighted by molar-refractivity contribution is 6.14. The van der Waals surface area contributed by atoms with E-state index in [9.17, 15) is 42.1 Å². The third kappa shape index (κ3) is 10.7. The maximum absolute atomic E-state index is 10.6. The summed E-state index contributed by atoms with van der Waals surface area (Å²) < 4.78 is 4.45. The molecule has 0 aliphatic rings. The number of fused-ring (bicyclic) bond motifs is 6. The minimum atomic E-state index is 0.327. The number of rotatable bonds is 11. The Hall–Kier alpha value is -15.7. The van der Waals surface area contributed by atoms with Crippen LogP contribution in [0.5, 0.6) is 0 Å². The molecular formula is C88H44N14. The molecule has 0 saturated heterocycles. The first-order valence-corrected chi connectivity index (χ1v) is 32.2. The fourth-order valence-electron chi connectivity index (χ4n) is 13.7. The summed E-state index contributed by atoms with van der Waals surface area (Å²) in [6.07, 6.45) is 1.76. The molecule has 16 rings (SSSR count). The summed E-state index contributed by atoms with van der Waals surface area (Å²) in [5.74, 6) is 1.34. The molecule has 0 atom stereocenters. The first kappa shape index (κ1) is 61.2. The smallest absolute Gasteiger partial charge is 0.164 e. The average molecular weight is 1300 g/mol. The van der Waals surface area contributed by atoms with Gasteiger partial charge in [0.1, 0.15) is 0 Å². The van der Waals surface area contributed by atoms with Gasteiger partial charge < -0.3 is 9.13 Å². The van der Waals surface area contributed by atoms with Gasteiger partial charge in [0.05, 0.1) is 132 Å². The van der Waals surface area contributed by atoms with Gasteiger partial charge in [-0.05, 0) is 166 Å². The molecule has 0 fully saturated rings. The van der Waals surface area contributed by atoms with Crippen LogP contribution in [0, 0.1) is 90.6 Å². The van der Waals surface area contributed by atoms with Gasteiger partial charge in [-0.3, -0.25) is 4.98 Å². The Labute approximate surface area is 584 Å². The molecule has 102 heavy (non-hydrogen) atoms. The number of pyridine rings is 1. The molecule has 4 aromatic heterocycles. The highest BCUT2D eigenvalue weighted by atomic mass is 15.0. The molecule has 0 N–H and O–H groups in total. The summed E-state index contributed by atoms with van der Waals surface area (Å²) in [4.78, 5) is 20.5. The Morgan fingerprint density at radius 1 is 0.235 bits per heavy atom. The van der Waals surface area contributed by atoms with Gasteiger partial charge >= 0.3 is 0 Å². The van der Waals surface area contributed by atoms with E-state index in [4.69, 9.17) is 19.9 Å². The number of hydrogen-bond donors (Lipinski definition) is 0. The molecule has 0 amide bonds. The fourth-order valence-corrected chi connectivity index (χ4v) is 13.7. The minimum absolute atomic E-state index is 0.327. The lowest BCUT2D eigenvalue weighted by atomic mass is 9.95. The number of nitriles is 8. The molecule has 14 heteroatoms. The zero-order chi connectivity index (χ0) is 69.5. The molecule has 16 aromatic rings. The van der Waals surface area contributed by atoms with Crippen molar-refractivity contribution in [3.63, 3.8) is 0 Å². The summed E-state index contributed by atoms with van der Waals surface area (Å²) in [7, 11) is 0. The Morgan fingerprint density at radius 2 is 0.539 bits per heavy atom. The van der Waals surface area contributed by atoms with Crippen molar-refractivity contribution in [2.24, 2.45) is 0 Å². The van der Waals surface area contributed by atoms with Crippen LogP contribution in [-0.2, 0) is 0 Å². The van der Waals surface area contributed by atoms with Gasteiger partial charge in [-0.1, -0.05) is 140 Å². The maximum atomic E-state index is 10.6. The second kappa shape index (κ2) is 25.5. The van der Waals surface area contributed by atoms with Crippen molar-refractivity contribution >= 4 is 43.6 Å². The van der Waals surface area contributed by atoms with Gasteiger partial charge in [-0.25, -0.2) is 15.0 Å². The monoisotopic (exact) mass is 1300 g/mol. The predicted molar refractivity (Wildman–Crippen MR) is 393 cm³/mol. The number of nitrogens with zero attached hydrogens (tertiary/aromatic N) is 14. The van der Waals surface area contributed by atoms with Crippen LogP contribution in [0.1, 0.15) is 44.5 Å². The van der Waals surface area contributed by atoms with E-state index < -0.39 is 0 Å². The van der Waals surface area contributed by atoms with E-state index in [1.165, 1.54) is 0 Å². The highest BCUT2D eigenvalue weighted by Crippen LogP contribution is 2.47. The van der Waals surface area contributed by atoms with Gasteiger partial charge in [-0.15, -0.1) is 0 Å². The topological polar surface area (TPSA) is 252 Å². The van der Waals surface area contributed by atoms with Crippen LogP contribution in [0.25, 0.3) is 156 Å². The van der Waals surface area contributed by atoms with Crippen molar-refractivity contribution < 1.29 is 0 Å². The fraction of sp³-hybridized carbons (Fsp3) is 0. The zero-order valence-corrected chi connectivity index (χ0v) is 53.7. The normalized spacial score (nSPS) is 10.9. The summed E-state index contributed by atoms with van der Waals surface area (Å²) in [5.41, 5.74) is 18.1. The van der Waals surface area contributed by atoms with Gasteiger partial charge in [0.15, 0.2) is 17.5 Å². The lowest BCUT2D eigenvalue weighted by Gasteiger charge is -2.21. The highest BCUT2D eigenvalue weighted by Gasteiger charge is 2.26. The molecular weight excluding hydrogens is 1250 g/mol. The van der Waals surface area contributed by atoms with Crippen LogP contribution in [-0.4, -0.2) is 29.1 Å². The lowest BCUT2D eigenvalue weighted by Crippen LogP contribution is -2.04. The van der Waals surface area contributed by atoms with Gasteiger partial charge in [0, 0.05) is 61.1 Å². The van der Waals surface area contributed by atoms with Gasteiger partial charge in [0.25, 0.3) is 0 Å². The molecule has 0 aliphatic heterocycles. The van der Waals surface area contributed by atoms with E-state index in [0.717, 1.165) is 105 Å². The average Bonchev–Trinajstić information content (AvgIpc) is 1.58. The van der Waals surface area contributed by atoms with Crippen molar-refractivity contribution in [3.05, 3.63) is 312 Å². The lowest BCUT2D eigenvalue weighted by molar-refractivity contribution is 1.07. The van der Waals surface area contributed by atoms with Crippen molar-refractivity contribution in [3.8, 4) is 161 Å². The third-order valence-electron chi connectivity index (χ3n) is 18.5. The molecule has 14 nitrogen and oxygen atoms in total. The Morgan fingerprint density at radius 3 is 0.863 bits per heavy atom. The minimum Gasteiger partial charge on any atom is -0.309 e. The molecule has 0 saturated carbocycles. The molecule has 0 aliphatic carbocycles. The van der Waals surface area contributed by atoms with Crippen molar-refractivity contribution in [1.29, 1.82) is 42.1 Å². The Balaban J connectivity index is 1.02. The van der Waals surface area contributed by atoms with E-state index >= 15 is 0 Å². The third-order valence-corrected chi connectivity index (χ3v) is 18.5. The van der Waals surface area contributed by atoms with E-state index in [-0.39, 0.29) is 0 Å². The predicted octanol–water partition coefficient (Wildman–Crippen LogP) is 19.4. The number of benzene rings is 12. The Bertz CT molecular complexity index is 6280. The van der Waals surface area contributed by atoms with Crippen molar-refractivity contribution in [2.45, 2.75) is 0 Å². The van der Waals surface area contributed by atoms with Crippen molar-refractivity contribution in [2.75, 3.05) is 0 Å². The first-order valence-electron chi connectivity index (χ1n) is 32.2. The van der Waals surface area contributed by atoms with Crippen LogP contribution in [0.4, 0.5) is 0 Å². The van der Waals surface area contributed by atoms with Crippen LogP contribution in [0.15, 0.2) is 267 Å². The van der Waals surface area contributed by atoms with Crippen LogP contribution < -0.4 is 0 Å². The van der Waals surface area contributed by atoms with E-state index in [1.54, 1.807) is 79.0 Å². The van der Waals surface area contributed by atoms with Crippen LogP contribution >= 0.6 is 0 Å². The first-order chi connectivity index (χ1) is 50.2. The van der Waals surface area contributed by atoms with Crippen LogP contribution in [0.2, 0.25) is 0 Å². The van der Waals surface area contributed by atoms with Crippen LogP contribution in [0.3, 0.4) is 0 Å². The van der Waals surface area contributed by atoms with E-state index in [1.807, 2.05) is 133 Å². The standard InChI is InChI=1S/C88H44N14/c89-45-53-14-24-69(65(35-53)49-93)59-20-30-80-75(39-59)76-40-60(70-25-15-54(46-90)36-66(70)50-94)21-31-81(76)101(80)84-43-63(79-13-7-8-34-97-79)18-28-73(84)74-29-19-64(88-99-86(57-9-3-1-4-10-57)98-87(100-88)58-11-5-2-6-12-58)44-85(74)102-82-32-22-61(71-26-16-55(47-91)37-67(71)51-95)41-77(82)78-42-62(23-33-83(78)102)72-27-17-56(48-92)38-68(72)52-96/h1-44H. The zero-order valence-electron chi connectivity index (χ0n) is 53.7. The number of aromatic nitrogens is 6. The van der Waals surface area contributed by atoms with Crippen molar-refractivity contribution in [1.82, 2.24) is 29.1 Å². The summed E-state index contributed by atoms with van der Waals surface area (Å²) in [5, 5.41) is 85.3. The quantitative estimate of drug-likeness (QED) is 0.117. The second-order valence-corrected chi connectivity index (χ2v) is 24.3. The summed E-state index contributed by atoms with van der Waals surface area (Å²) >= 11 is 0. The number of hydrogen-bond acceptors (Lipinski definition) is 12. The summed E-state index contributed by atoms with van der Waals surface area (Å²) in [6, 6.07) is 101. The van der Waals surface area contributed by atoms with Gasteiger partial charge in [0.2, 0.25) is 0 Å². The molecule has 0 radical (unpaired) electrons. The molecule has 12 aromatic carbocycles.